The molecule has 154 valence electrons. The largest absolute Gasteiger partial charge is 0.497 e. The first-order valence-electron chi connectivity index (χ1n) is 10.3. The van der Waals surface area contributed by atoms with E-state index in [-0.39, 0.29) is 17.6 Å². The number of nitrogens with zero attached hydrogens (tertiary/aromatic N) is 2. The zero-order chi connectivity index (χ0) is 20.9. The number of carbonyl (C=O) groups excluding carboxylic acids is 1. The summed E-state index contributed by atoms with van der Waals surface area (Å²) >= 11 is 0. The molecule has 0 bridgehead atoms. The van der Waals surface area contributed by atoms with Crippen LogP contribution in [0.15, 0.2) is 66.7 Å². The lowest BCUT2D eigenvalue weighted by Crippen LogP contribution is -2.40. The zero-order valence-electron chi connectivity index (χ0n) is 17.1. The van der Waals surface area contributed by atoms with Gasteiger partial charge in [-0.05, 0) is 54.8 Å². The van der Waals surface area contributed by atoms with Crippen molar-refractivity contribution in [2.45, 2.75) is 25.2 Å². The highest BCUT2D eigenvalue weighted by atomic mass is 19.1. The van der Waals surface area contributed by atoms with E-state index >= 15 is 0 Å². The number of carbonyl (C=O) groups is 1. The fourth-order valence-electron chi connectivity index (χ4n) is 3.96. The number of hydrogen-bond donors (Lipinski definition) is 0. The van der Waals surface area contributed by atoms with Crippen molar-refractivity contribution in [1.29, 1.82) is 0 Å². The first-order valence-corrected chi connectivity index (χ1v) is 10.3. The van der Waals surface area contributed by atoms with Crippen molar-refractivity contribution in [3.63, 3.8) is 0 Å². The maximum Gasteiger partial charge on any atom is 0.227 e. The Balaban J connectivity index is 1.47. The molecule has 1 aliphatic heterocycles. The third kappa shape index (κ3) is 4.67. The molecule has 0 spiro atoms. The number of aromatic nitrogens is 1. The van der Waals surface area contributed by atoms with Crippen LogP contribution in [0.5, 0.6) is 5.75 Å². The summed E-state index contributed by atoms with van der Waals surface area (Å²) in [5.74, 6) is 0.804. The van der Waals surface area contributed by atoms with E-state index in [0.717, 1.165) is 47.7 Å². The number of pyridine rings is 1. The highest BCUT2D eigenvalue weighted by Gasteiger charge is 2.25. The Kier molecular flexibility index (Phi) is 6.07. The van der Waals surface area contributed by atoms with Crippen LogP contribution in [0.4, 0.5) is 4.39 Å². The Morgan fingerprint density at radius 1 is 1.13 bits per heavy atom. The normalized spacial score (nSPS) is 16.3. The van der Waals surface area contributed by atoms with E-state index in [9.17, 15) is 9.18 Å². The van der Waals surface area contributed by atoms with Gasteiger partial charge in [-0.15, -0.1) is 0 Å². The van der Waals surface area contributed by atoms with Crippen LogP contribution in [0, 0.1) is 5.82 Å². The second-order valence-electron chi connectivity index (χ2n) is 7.66. The second-order valence-corrected chi connectivity index (χ2v) is 7.66. The highest BCUT2D eigenvalue weighted by Crippen LogP contribution is 2.29. The SMILES string of the molecule is COc1cccc(-c2cccc(C3CCCN(C(=O)Cc4ccc(F)cc4)C3)n2)c1. The van der Waals surface area contributed by atoms with Crippen LogP contribution in [-0.2, 0) is 11.2 Å². The number of halogens is 1. The van der Waals surface area contributed by atoms with Crippen molar-refractivity contribution in [2.75, 3.05) is 20.2 Å². The van der Waals surface area contributed by atoms with Crippen LogP contribution < -0.4 is 4.74 Å². The molecule has 1 amide bonds. The molecule has 1 saturated heterocycles. The molecule has 2 aromatic carbocycles. The lowest BCUT2D eigenvalue weighted by molar-refractivity contribution is -0.131. The van der Waals surface area contributed by atoms with Gasteiger partial charge in [0.1, 0.15) is 11.6 Å². The predicted molar refractivity (Wildman–Crippen MR) is 115 cm³/mol. The molecule has 3 aromatic rings. The number of rotatable bonds is 5. The first kappa shape index (κ1) is 20.1. The molecule has 1 fully saturated rings. The first-order chi connectivity index (χ1) is 14.6. The summed E-state index contributed by atoms with van der Waals surface area (Å²) in [6.45, 7) is 1.42. The van der Waals surface area contributed by atoms with Gasteiger partial charge in [0, 0.05) is 30.3 Å². The Bertz CT molecular complexity index is 1020. The van der Waals surface area contributed by atoms with Crippen molar-refractivity contribution in [1.82, 2.24) is 9.88 Å². The molecule has 1 atom stereocenters. The average Bonchev–Trinajstić information content (AvgIpc) is 2.81. The topological polar surface area (TPSA) is 42.4 Å². The lowest BCUT2D eigenvalue weighted by Gasteiger charge is -2.32. The molecule has 1 aliphatic rings. The fraction of sp³-hybridized carbons (Fsp3) is 0.280. The number of methoxy groups -OCH3 is 1. The summed E-state index contributed by atoms with van der Waals surface area (Å²) in [5, 5.41) is 0. The van der Waals surface area contributed by atoms with E-state index < -0.39 is 0 Å². The Labute approximate surface area is 176 Å². The zero-order valence-corrected chi connectivity index (χ0v) is 17.1. The molecule has 0 radical (unpaired) electrons. The Hall–Kier alpha value is -3.21. The van der Waals surface area contributed by atoms with E-state index in [1.165, 1.54) is 12.1 Å². The molecule has 4 rings (SSSR count). The van der Waals surface area contributed by atoms with Crippen LogP contribution in [0.3, 0.4) is 0 Å². The van der Waals surface area contributed by atoms with Crippen molar-refractivity contribution < 1.29 is 13.9 Å². The smallest absolute Gasteiger partial charge is 0.227 e. The monoisotopic (exact) mass is 404 g/mol. The molecule has 2 heterocycles. The average molecular weight is 404 g/mol. The number of likely N-dealkylation sites (tertiary alicyclic amines) is 1. The van der Waals surface area contributed by atoms with Gasteiger partial charge in [-0.3, -0.25) is 9.78 Å². The quantitative estimate of drug-likeness (QED) is 0.611. The van der Waals surface area contributed by atoms with E-state index in [4.69, 9.17) is 9.72 Å². The van der Waals surface area contributed by atoms with Crippen LogP contribution in [-0.4, -0.2) is 36.0 Å². The summed E-state index contributed by atoms with van der Waals surface area (Å²) in [7, 11) is 1.66. The summed E-state index contributed by atoms with van der Waals surface area (Å²) < 4.78 is 18.4. The summed E-state index contributed by atoms with van der Waals surface area (Å²) in [6.07, 6.45) is 2.25. The number of hydrogen-bond acceptors (Lipinski definition) is 3. The predicted octanol–water partition coefficient (Wildman–Crippen LogP) is 4.85. The fourth-order valence-corrected chi connectivity index (χ4v) is 3.96. The summed E-state index contributed by atoms with van der Waals surface area (Å²) in [4.78, 5) is 19.6. The number of piperidine rings is 1. The molecule has 0 N–H and O–H groups in total. The third-order valence-corrected chi connectivity index (χ3v) is 5.60. The highest BCUT2D eigenvalue weighted by molar-refractivity contribution is 5.79. The molecular formula is C25H25FN2O2. The minimum Gasteiger partial charge on any atom is -0.497 e. The molecule has 0 saturated carbocycles. The maximum absolute atomic E-state index is 13.1. The van der Waals surface area contributed by atoms with Gasteiger partial charge in [0.05, 0.1) is 19.2 Å². The van der Waals surface area contributed by atoms with Gasteiger partial charge < -0.3 is 9.64 Å². The van der Waals surface area contributed by atoms with Gasteiger partial charge in [-0.2, -0.15) is 0 Å². The van der Waals surface area contributed by atoms with Crippen LogP contribution >= 0.6 is 0 Å². The number of benzene rings is 2. The third-order valence-electron chi connectivity index (χ3n) is 5.60. The van der Waals surface area contributed by atoms with Crippen molar-refractivity contribution in [3.05, 3.63) is 83.8 Å². The van der Waals surface area contributed by atoms with E-state index in [1.54, 1.807) is 19.2 Å². The van der Waals surface area contributed by atoms with Gasteiger partial charge >= 0.3 is 0 Å². The van der Waals surface area contributed by atoms with Gasteiger partial charge in [-0.25, -0.2) is 4.39 Å². The van der Waals surface area contributed by atoms with Gasteiger partial charge in [0.2, 0.25) is 5.91 Å². The standard InChI is InChI=1S/C25H25FN2O2/c1-30-22-7-2-5-19(16-22)23-8-3-9-24(27-23)20-6-4-14-28(17-20)25(29)15-18-10-12-21(26)13-11-18/h2-3,5,7-13,16,20H,4,6,14-15,17H2,1H3. The van der Waals surface area contributed by atoms with Crippen LogP contribution in [0.25, 0.3) is 11.3 Å². The molecule has 4 nitrogen and oxygen atoms in total. The Morgan fingerprint density at radius 2 is 1.93 bits per heavy atom. The van der Waals surface area contributed by atoms with E-state index in [1.807, 2.05) is 47.4 Å². The minimum atomic E-state index is -0.286. The van der Waals surface area contributed by atoms with Gasteiger partial charge in [0.15, 0.2) is 0 Å². The molecule has 1 aromatic heterocycles. The van der Waals surface area contributed by atoms with E-state index in [0.29, 0.717) is 13.0 Å². The van der Waals surface area contributed by atoms with Crippen molar-refractivity contribution >= 4 is 5.91 Å². The lowest BCUT2D eigenvalue weighted by atomic mass is 9.93. The van der Waals surface area contributed by atoms with Crippen molar-refractivity contribution in [3.8, 4) is 17.0 Å². The Morgan fingerprint density at radius 3 is 2.73 bits per heavy atom. The van der Waals surface area contributed by atoms with Gasteiger partial charge in [-0.1, -0.05) is 30.3 Å². The van der Waals surface area contributed by atoms with E-state index in [2.05, 4.69) is 0 Å². The molecule has 30 heavy (non-hydrogen) atoms. The van der Waals surface area contributed by atoms with Gasteiger partial charge in [0.25, 0.3) is 0 Å². The minimum absolute atomic E-state index is 0.0789. The summed E-state index contributed by atoms with van der Waals surface area (Å²) in [5.41, 5.74) is 3.76. The second kappa shape index (κ2) is 9.08. The molecular weight excluding hydrogens is 379 g/mol. The molecule has 5 heteroatoms. The number of ether oxygens (including phenoxy) is 1. The maximum atomic E-state index is 13.1. The molecule has 0 aliphatic carbocycles. The summed E-state index contributed by atoms with van der Waals surface area (Å²) in [6, 6.07) is 20.1. The van der Waals surface area contributed by atoms with Crippen LogP contribution in [0.2, 0.25) is 0 Å². The van der Waals surface area contributed by atoms with Crippen molar-refractivity contribution in [2.24, 2.45) is 0 Å². The number of amides is 1. The van der Waals surface area contributed by atoms with Crippen LogP contribution in [0.1, 0.15) is 30.0 Å². The molecule has 1 unspecified atom stereocenters.